The van der Waals surface area contributed by atoms with Gasteiger partial charge in [-0.1, -0.05) is 6.07 Å². The van der Waals surface area contributed by atoms with Crippen LogP contribution in [0.3, 0.4) is 0 Å². The summed E-state index contributed by atoms with van der Waals surface area (Å²) in [5, 5.41) is 5.77. The van der Waals surface area contributed by atoms with Gasteiger partial charge in [0.2, 0.25) is 6.79 Å². The third-order valence-corrected chi connectivity index (χ3v) is 4.85. The van der Waals surface area contributed by atoms with E-state index in [0.29, 0.717) is 36.1 Å². The Morgan fingerprint density at radius 1 is 1.18 bits per heavy atom. The molecule has 8 nitrogen and oxygen atoms in total. The van der Waals surface area contributed by atoms with E-state index in [-0.39, 0.29) is 24.6 Å². The van der Waals surface area contributed by atoms with Gasteiger partial charge in [-0.15, -0.1) is 0 Å². The highest BCUT2D eigenvalue weighted by atomic mass is 16.7. The van der Waals surface area contributed by atoms with Crippen molar-refractivity contribution in [3.05, 3.63) is 41.0 Å². The number of fused-ring (bicyclic) bond motifs is 2. The van der Waals surface area contributed by atoms with Crippen molar-refractivity contribution in [2.24, 2.45) is 0 Å². The summed E-state index contributed by atoms with van der Waals surface area (Å²) in [5.74, 6) is 1.17. The molecule has 0 atom stereocenters. The molecule has 0 bridgehead atoms. The maximum absolute atomic E-state index is 12.8. The SMILES string of the molecule is CC(C)NC(=O)c1nc(C(=O)NCc2ccc3c(c2)OCO3)n2c1CCCC2. The van der Waals surface area contributed by atoms with Crippen LogP contribution >= 0.6 is 0 Å². The van der Waals surface area contributed by atoms with Crippen molar-refractivity contribution in [3.63, 3.8) is 0 Å². The number of hydrogen-bond donors (Lipinski definition) is 2. The van der Waals surface area contributed by atoms with Crippen molar-refractivity contribution in [2.75, 3.05) is 6.79 Å². The molecule has 1 aromatic heterocycles. The van der Waals surface area contributed by atoms with Crippen LogP contribution in [0.4, 0.5) is 0 Å². The summed E-state index contributed by atoms with van der Waals surface area (Å²) in [5.41, 5.74) is 2.11. The van der Waals surface area contributed by atoms with Crippen LogP contribution in [0.2, 0.25) is 0 Å². The first-order valence-corrected chi connectivity index (χ1v) is 9.60. The first-order valence-electron chi connectivity index (χ1n) is 9.60. The minimum Gasteiger partial charge on any atom is -0.454 e. The van der Waals surface area contributed by atoms with E-state index in [4.69, 9.17) is 9.47 Å². The lowest BCUT2D eigenvalue weighted by atomic mass is 10.1. The van der Waals surface area contributed by atoms with Crippen LogP contribution in [0.5, 0.6) is 11.5 Å². The zero-order chi connectivity index (χ0) is 19.7. The van der Waals surface area contributed by atoms with Gasteiger partial charge in [0, 0.05) is 19.1 Å². The maximum Gasteiger partial charge on any atom is 0.287 e. The minimum absolute atomic E-state index is 0.0109. The van der Waals surface area contributed by atoms with Crippen molar-refractivity contribution >= 4 is 11.8 Å². The van der Waals surface area contributed by atoms with Gasteiger partial charge < -0.3 is 24.7 Å². The third-order valence-electron chi connectivity index (χ3n) is 4.85. The Bertz CT molecular complexity index is 919. The fourth-order valence-electron chi connectivity index (χ4n) is 3.54. The number of nitrogens with zero attached hydrogens (tertiary/aromatic N) is 2. The van der Waals surface area contributed by atoms with Crippen LogP contribution in [0.25, 0.3) is 0 Å². The Morgan fingerprint density at radius 2 is 2.00 bits per heavy atom. The smallest absolute Gasteiger partial charge is 0.287 e. The van der Waals surface area contributed by atoms with Gasteiger partial charge in [-0.05, 0) is 50.8 Å². The number of rotatable bonds is 5. The number of imidazole rings is 1. The molecule has 0 saturated heterocycles. The van der Waals surface area contributed by atoms with Crippen molar-refractivity contribution < 1.29 is 19.1 Å². The Kier molecular flexibility index (Phi) is 4.93. The molecule has 0 spiro atoms. The number of benzene rings is 1. The van der Waals surface area contributed by atoms with Crippen LogP contribution in [-0.4, -0.2) is 34.2 Å². The number of amides is 2. The molecular weight excluding hydrogens is 360 g/mol. The summed E-state index contributed by atoms with van der Waals surface area (Å²) >= 11 is 0. The Labute approximate surface area is 163 Å². The zero-order valence-electron chi connectivity index (χ0n) is 16.1. The van der Waals surface area contributed by atoms with Gasteiger partial charge in [0.25, 0.3) is 11.8 Å². The monoisotopic (exact) mass is 384 g/mol. The summed E-state index contributed by atoms with van der Waals surface area (Å²) in [6.45, 7) is 5.06. The van der Waals surface area contributed by atoms with Gasteiger partial charge in [-0.3, -0.25) is 9.59 Å². The summed E-state index contributed by atoms with van der Waals surface area (Å²) in [6.07, 6.45) is 2.71. The molecule has 2 amide bonds. The average molecular weight is 384 g/mol. The second-order valence-corrected chi connectivity index (χ2v) is 7.34. The molecular formula is C20H24N4O4. The highest BCUT2D eigenvalue weighted by Gasteiger charge is 2.27. The molecule has 2 aromatic rings. The van der Waals surface area contributed by atoms with Gasteiger partial charge >= 0.3 is 0 Å². The number of aromatic nitrogens is 2. The van der Waals surface area contributed by atoms with E-state index >= 15 is 0 Å². The molecule has 3 heterocycles. The van der Waals surface area contributed by atoms with Crippen LogP contribution in [0, 0.1) is 0 Å². The molecule has 28 heavy (non-hydrogen) atoms. The number of nitrogens with one attached hydrogen (secondary N) is 2. The topological polar surface area (TPSA) is 94.5 Å². The highest BCUT2D eigenvalue weighted by molar-refractivity contribution is 5.97. The second kappa shape index (κ2) is 7.53. The van der Waals surface area contributed by atoms with Gasteiger partial charge in [-0.25, -0.2) is 4.98 Å². The molecule has 148 valence electrons. The molecule has 0 aliphatic carbocycles. The predicted molar refractivity (Wildman–Crippen MR) is 102 cm³/mol. The molecule has 4 rings (SSSR count). The normalized spacial score (nSPS) is 14.7. The summed E-state index contributed by atoms with van der Waals surface area (Å²) in [4.78, 5) is 29.7. The van der Waals surface area contributed by atoms with Crippen molar-refractivity contribution in [2.45, 2.75) is 52.2 Å². The van der Waals surface area contributed by atoms with Gasteiger partial charge in [0.05, 0.1) is 5.69 Å². The molecule has 0 saturated carbocycles. The highest BCUT2D eigenvalue weighted by Crippen LogP contribution is 2.32. The van der Waals surface area contributed by atoms with E-state index < -0.39 is 0 Å². The fraction of sp³-hybridized carbons (Fsp3) is 0.450. The van der Waals surface area contributed by atoms with Gasteiger partial charge in [0.15, 0.2) is 17.3 Å². The molecule has 0 unspecified atom stereocenters. The summed E-state index contributed by atoms with van der Waals surface area (Å²) in [7, 11) is 0. The molecule has 8 heteroatoms. The van der Waals surface area contributed by atoms with E-state index in [9.17, 15) is 9.59 Å². The lowest BCUT2D eigenvalue weighted by molar-refractivity contribution is 0.0934. The molecule has 2 N–H and O–H groups in total. The lowest BCUT2D eigenvalue weighted by Gasteiger charge is -2.17. The number of carbonyl (C=O) groups is 2. The Balaban J connectivity index is 1.52. The third kappa shape index (κ3) is 3.54. The molecule has 0 fully saturated rings. The van der Waals surface area contributed by atoms with Crippen LogP contribution < -0.4 is 20.1 Å². The predicted octanol–water partition coefficient (Wildman–Crippen LogP) is 2.02. The van der Waals surface area contributed by atoms with Crippen molar-refractivity contribution in [3.8, 4) is 11.5 Å². The summed E-state index contributed by atoms with van der Waals surface area (Å²) < 4.78 is 12.6. The second-order valence-electron chi connectivity index (χ2n) is 7.34. The van der Waals surface area contributed by atoms with E-state index in [1.807, 2.05) is 36.6 Å². The number of carbonyl (C=O) groups excluding carboxylic acids is 2. The minimum atomic E-state index is -0.288. The number of ether oxygens (including phenoxy) is 2. The largest absolute Gasteiger partial charge is 0.454 e. The van der Waals surface area contributed by atoms with Crippen LogP contribution in [0.15, 0.2) is 18.2 Å². The Morgan fingerprint density at radius 3 is 2.82 bits per heavy atom. The van der Waals surface area contributed by atoms with Crippen LogP contribution in [-0.2, 0) is 19.5 Å². The van der Waals surface area contributed by atoms with Crippen molar-refractivity contribution in [1.82, 2.24) is 20.2 Å². The lowest BCUT2D eigenvalue weighted by Crippen LogP contribution is -2.31. The molecule has 2 aliphatic rings. The Hall–Kier alpha value is -3.03. The quantitative estimate of drug-likeness (QED) is 0.822. The van der Waals surface area contributed by atoms with E-state index in [1.165, 1.54) is 0 Å². The number of hydrogen-bond acceptors (Lipinski definition) is 5. The standard InChI is InChI=1S/C20H24N4O4/c1-12(2)22-19(25)17-14-5-3-4-8-24(14)18(23-17)20(26)21-10-13-6-7-15-16(9-13)28-11-27-15/h6-7,9,12H,3-5,8,10-11H2,1-2H3,(H,21,26)(H,22,25). The fourth-order valence-corrected chi connectivity index (χ4v) is 3.54. The first kappa shape index (κ1) is 18.3. The van der Waals surface area contributed by atoms with E-state index in [1.54, 1.807) is 0 Å². The molecule has 1 aromatic carbocycles. The van der Waals surface area contributed by atoms with Crippen molar-refractivity contribution in [1.29, 1.82) is 0 Å². The summed E-state index contributed by atoms with van der Waals surface area (Å²) in [6, 6.07) is 5.58. The van der Waals surface area contributed by atoms with E-state index in [0.717, 1.165) is 30.5 Å². The molecule has 0 radical (unpaired) electrons. The molecule has 2 aliphatic heterocycles. The van der Waals surface area contributed by atoms with Gasteiger partial charge in [-0.2, -0.15) is 0 Å². The maximum atomic E-state index is 12.8. The zero-order valence-corrected chi connectivity index (χ0v) is 16.1. The first-order chi connectivity index (χ1) is 13.5. The van der Waals surface area contributed by atoms with Gasteiger partial charge in [0.1, 0.15) is 5.69 Å². The van der Waals surface area contributed by atoms with E-state index in [2.05, 4.69) is 15.6 Å². The van der Waals surface area contributed by atoms with Crippen LogP contribution in [0.1, 0.15) is 59.1 Å². The average Bonchev–Trinajstić information content (AvgIpc) is 3.29.